The van der Waals surface area contributed by atoms with E-state index in [9.17, 15) is 0 Å². The van der Waals surface area contributed by atoms with E-state index in [1.807, 2.05) is 13.0 Å². The molecule has 0 aliphatic heterocycles. The van der Waals surface area contributed by atoms with Gasteiger partial charge in [0.1, 0.15) is 0 Å². The SMILES string of the molecule is CCCOc1cc(C)nc(NC2CCCC(C)C2C)n1. The largest absolute Gasteiger partial charge is 0.478 e. The third-order valence-electron chi connectivity index (χ3n) is 4.31. The maximum Gasteiger partial charge on any atom is 0.226 e. The first-order valence-electron chi connectivity index (χ1n) is 7.85. The molecule has 0 amide bonds. The van der Waals surface area contributed by atoms with E-state index in [4.69, 9.17) is 4.74 Å². The van der Waals surface area contributed by atoms with Crippen LogP contribution in [0.1, 0.15) is 52.1 Å². The van der Waals surface area contributed by atoms with Crippen LogP contribution >= 0.6 is 0 Å². The van der Waals surface area contributed by atoms with Crippen molar-refractivity contribution in [3.8, 4) is 5.88 Å². The van der Waals surface area contributed by atoms with Crippen LogP contribution in [-0.4, -0.2) is 22.6 Å². The van der Waals surface area contributed by atoms with Gasteiger partial charge in [0, 0.05) is 17.8 Å². The lowest BCUT2D eigenvalue weighted by Gasteiger charge is -2.34. The van der Waals surface area contributed by atoms with Crippen LogP contribution in [0.15, 0.2) is 6.07 Å². The Hall–Kier alpha value is -1.32. The molecule has 20 heavy (non-hydrogen) atoms. The second-order valence-electron chi connectivity index (χ2n) is 6.04. The van der Waals surface area contributed by atoms with E-state index < -0.39 is 0 Å². The third kappa shape index (κ3) is 3.84. The van der Waals surface area contributed by atoms with Gasteiger partial charge in [-0.1, -0.05) is 33.6 Å². The smallest absolute Gasteiger partial charge is 0.226 e. The summed E-state index contributed by atoms with van der Waals surface area (Å²) in [5.41, 5.74) is 0.949. The van der Waals surface area contributed by atoms with Gasteiger partial charge in [-0.15, -0.1) is 0 Å². The zero-order valence-corrected chi connectivity index (χ0v) is 13.1. The van der Waals surface area contributed by atoms with Crippen LogP contribution in [0.25, 0.3) is 0 Å². The second kappa shape index (κ2) is 6.91. The molecular formula is C16H27N3O. The normalized spacial score (nSPS) is 26.3. The molecule has 0 aromatic carbocycles. The monoisotopic (exact) mass is 277 g/mol. The van der Waals surface area contributed by atoms with Crippen LogP contribution in [0.3, 0.4) is 0 Å². The Morgan fingerprint density at radius 1 is 1.30 bits per heavy atom. The van der Waals surface area contributed by atoms with Crippen LogP contribution < -0.4 is 10.1 Å². The van der Waals surface area contributed by atoms with Gasteiger partial charge in [-0.3, -0.25) is 0 Å². The van der Waals surface area contributed by atoms with E-state index in [-0.39, 0.29) is 0 Å². The summed E-state index contributed by atoms with van der Waals surface area (Å²) in [6.45, 7) is 9.45. The molecule has 1 saturated carbocycles. The summed E-state index contributed by atoms with van der Waals surface area (Å²) in [6, 6.07) is 2.37. The predicted molar refractivity (Wildman–Crippen MR) is 82.1 cm³/mol. The fourth-order valence-corrected chi connectivity index (χ4v) is 2.84. The quantitative estimate of drug-likeness (QED) is 0.889. The highest BCUT2D eigenvalue weighted by atomic mass is 16.5. The first-order valence-corrected chi connectivity index (χ1v) is 7.85. The Kier molecular flexibility index (Phi) is 5.21. The molecule has 1 heterocycles. The second-order valence-corrected chi connectivity index (χ2v) is 6.04. The number of aromatic nitrogens is 2. The molecule has 0 bridgehead atoms. The zero-order chi connectivity index (χ0) is 14.5. The summed E-state index contributed by atoms with van der Waals surface area (Å²) < 4.78 is 5.62. The molecule has 2 rings (SSSR count). The molecule has 0 radical (unpaired) electrons. The standard InChI is InChI=1S/C16H27N3O/c1-5-9-20-15-10-12(3)17-16(19-15)18-14-8-6-7-11(2)13(14)4/h10-11,13-14H,5-9H2,1-4H3,(H,17,18,19). The molecule has 1 N–H and O–H groups in total. The molecule has 4 heteroatoms. The summed E-state index contributed by atoms with van der Waals surface area (Å²) in [6.07, 6.45) is 4.81. The van der Waals surface area contributed by atoms with Gasteiger partial charge in [-0.25, -0.2) is 4.98 Å². The van der Waals surface area contributed by atoms with E-state index in [2.05, 4.69) is 36.1 Å². The lowest BCUT2D eigenvalue weighted by atomic mass is 9.78. The van der Waals surface area contributed by atoms with Crippen LogP contribution in [0.5, 0.6) is 5.88 Å². The minimum Gasteiger partial charge on any atom is -0.478 e. The van der Waals surface area contributed by atoms with Gasteiger partial charge in [-0.2, -0.15) is 4.98 Å². The van der Waals surface area contributed by atoms with Gasteiger partial charge in [-0.05, 0) is 31.6 Å². The van der Waals surface area contributed by atoms with E-state index in [1.54, 1.807) is 0 Å². The lowest BCUT2D eigenvalue weighted by molar-refractivity contribution is 0.252. The van der Waals surface area contributed by atoms with E-state index in [1.165, 1.54) is 19.3 Å². The average molecular weight is 277 g/mol. The molecule has 0 saturated heterocycles. The summed E-state index contributed by atoms with van der Waals surface area (Å²) in [4.78, 5) is 8.97. The molecule has 3 unspecified atom stereocenters. The minimum atomic E-state index is 0.472. The molecule has 3 atom stereocenters. The van der Waals surface area contributed by atoms with Crippen molar-refractivity contribution in [3.63, 3.8) is 0 Å². The molecule has 1 aromatic heterocycles. The van der Waals surface area contributed by atoms with Crippen molar-refractivity contribution in [2.24, 2.45) is 11.8 Å². The number of nitrogens with one attached hydrogen (secondary N) is 1. The highest BCUT2D eigenvalue weighted by Crippen LogP contribution is 2.31. The van der Waals surface area contributed by atoms with Gasteiger partial charge >= 0.3 is 0 Å². The van der Waals surface area contributed by atoms with Crippen molar-refractivity contribution >= 4 is 5.95 Å². The van der Waals surface area contributed by atoms with Gasteiger partial charge in [0.15, 0.2) is 0 Å². The van der Waals surface area contributed by atoms with Crippen molar-refractivity contribution in [2.75, 3.05) is 11.9 Å². The summed E-state index contributed by atoms with van der Waals surface area (Å²) in [7, 11) is 0. The average Bonchev–Trinajstić information content (AvgIpc) is 2.41. The fraction of sp³-hybridized carbons (Fsp3) is 0.750. The summed E-state index contributed by atoms with van der Waals surface area (Å²) >= 11 is 0. The molecule has 0 spiro atoms. The van der Waals surface area contributed by atoms with Crippen molar-refractivity contribution in [3.05, 3.63) is 11.8 Å². The van der Waals surface area contributed by atoms with Crippen LogP contribution in [0, 0.1) is 18.8 Å². The lowest BCUT2D eigenvalue weighted by Crippen LogP contribution is -2.35. The maximum atomic E-state index is 5.62. The van der Waals surface area contributed by atoms with E-state index in [0.29, 0.717) is 30.4 Å². The van der Waals surface area contributed by atoms with E-state index >= 15 is 0 Å². The van der Waals surface area contributed by atoms with Gasteiger partial charge in [0.05, 0.1) is 6.61 Å². The number of nitrogens with zero attached hydrogens (tertiary/aromatic N) is 2. The van der Waals surface area contributed by atoms with Crippen molar-refractivity contribution in [1.29, 1.82) is 0 Å². The number of hydrogen-bond donors (Lipinski definition) is 1. The Bertz CT molecular complexity index is 436. The predicted octanol–water partition coefficient (Wildman–Crippen LogP) is 3.81. The van der Waals surface area contributed by atoms with Crippen molar-refractivity contribution in [1.82, 2.24) is 9.97 Å². The molecule has 1 aromatic rings. The maximum absolute atomic E-state index is 5.62. The minimum absolute atomic E-state index is 0.472. The van der Waals surface area contributed by atoms with Crippen LogP contribution in [0.4, 0.5) is 5.95 Å². The first kappa shape index (κ1) is 15.1. The molecule has 112 valence electrons. The van der Waals surface area contributed by atoms with Gasteiger partial charge < -0.3 is 10.1 Å². The van der Waals surface area contributed by atoms with E-state index in [0.717, 1.165) is 18.0 Å². The molecule has 1 fully saturated rings. The number of hydrogen-bond acceptors (Lipinski definition) is 4. The Labute approximate surface area is 122 Å². The number of aryl methyl sites for hydroxylation is 1. The molecule has 1 aliphatic carbocycles. The highest BCUT2D eigenvalue weighted by molar-refractivity contribution is 5.32. The Balaban J connectivity index is 2.06. The Morgan fingerprint density at radius 3 is 2.85 bits per heavy atom. The third-order valence-corrected chi connectivity index (χ3v) is 4.31. The molecular weight excluding hydrogens is 250 g/mol. The highest BCUT2D eigenvalue weighted by Gasteiger charge is 2.27. The number of ether oxygens (including phenoxy) is 1. The van der Waals surface area contributed by atoms with Gasteiger partial charge in [0.2, 0.25) is 11.8 Å². The molecule has 4 nitrogen and oxygen atoms in total. The number of anilines is 1. The van der Waals surface area contributed by atoms with Crippen LogP contribution in [0.2, 0.25) is 0 Å². The number of rotatable bonds is 5. The summed E-state index contributed by atoms with van der Waals surface area (Å²) in [5, 5.41) is 3.52. The van der Waals surface area contributed by atoms with Crippen LogP contribution in [-0.2, 0) is 0 Å². The fourth-order valence-electron chi connectivity index (χ4n) is 2.84. The Morgan fingerprint density at radius 2 is 2.10 bits per heavy atom. The topological polar surface area (TPSA) is 47.0 Å². The summed E-state index contributed by atoms with van der Waals surface area (Å²) in [5.74, 6) is 2.81. The van der Waals surface area contributed by atoms with Crippen molar-refractivity contribution < 1.29 is 4.74 Å². The van der Waals surface area contributed by atoms with Crippen molar-refractivity contribution in [2.45, 2.75) is 59.4 Å². The zero-order valence-electron chi connectivity index (χ0n) is 13.1. The molecule has 1 aliphatic rings. The first-order chi connectivity index (χ1) is 9.60. The van der Waals surface area contributed by atoms with Gasteiger partial charge in [0.25, 0.3) is 0 Å².